The minimum absolute atomic E-state index is 0.399. The van der Waals surface area contributed by atoms with Gasteiger partial charge in [0.05, 0.1) is 0 Å². The molecule has 3 nitrogen and oxygen atoms in total. The van der Waals surface area contributed by atoms with Crippen molar-refractivity contribution in [2.75, 3.05) is 20.1 Å². The maximum Gasteiger partial charge on any atom is 0.0251 e. The van der Waals surface area contributed by atoms with Crippen LogP contribution in [0.15, 0.2) is 0 Å². The second kappa shape index (κ2) is 6.55. The molecule has 1 aliphatic carbocycles. The Morgan fingerprint density at radius 3 is 2.32 bits per heavy atom. The molecule has 1 heterocycles. The maximum absolute atomic E-state index is 6.44. The van der Waals surface area contributed by atoms with Crippen LogP contribution >= 0.6 is 0 Å². The molecule has 5 atom stereocenters. The summed E-state index contributed by atoms with van der Waals surface area (Å²) in [4.78, 5) is 5.20. The molecule has 2 rings (SSSR count). The van der Waals surface area contributed by atoms with Crippen molar-refractivity contribution in [3.05, 3.63) is 0 Å². The van der Waals surface area contributed by atoms with Gasteiger partial charge in [0.2, 0.25) is 0 Å². The van der Waals surface area contributed by atoms with Crippen molar-refractivity contribution in [3.63, 3.8) is 0 Å². The van der Waals surface area contributed by atoms with E-state index in [1.165, 1.54) is 45.2 Å². The molecule has 2 N–H and O–H groups in total. The van der Waals surface area contributed by atoms with Crippen molar-refractivity contribution < 1.29 is 0 Å². The zero-order chi connectivity index (χ0) is 14.0. The first-order valence-electron chi connectivity index (χ1n) is 8.24. The van der Waals surface area contributed by atoms with E-state index in [1.54, 1.807) is 0 Å². The van der Waals surface area contributed by atoms with Crippen LogP contribution in [0.25, 0.3) is 0 Å². The van der Waals surface area contributed by atoms with E-state index in [2.05, 4.69) is 37.6 Å². The van der Waals surface area contributed by atoms with Crippen LogP contribution < -0.4 is 5.73 Å². The fourth-order valence-corrected chi connectivity index (χ4v) is 4.06. The first-order chi connectivity index (χ1) is 9.02. The smallest absolute Gasteiger partial charge is 0.0251 e. The average molecular weight is 267 g/mol. The zero-order valence-electron chi connectivity index (χ0n) is 13.3. The highest BCUT2D eigenvalue weighted by molar-refractivity contribution is 4.94. The number of nitrogens with zero attached hydrogens (tertiary/aromatic N) is 2. The van der Waals surface area contributed by atoms with E-state index in [4.69, 9.17) is 5.73 Å². The third kappa shape index (κ3) is 3.50. The lowest BCUT2D eigenvalue weighted by Gasteiger charge is -2.49. The summed E-state index contributed by atoms with van der Waals surface area (Å²) in [6.07, 6.45) is 6.62. The summed E-state index contributed by atoms with van der Waals surface area (Å²) in [5.41, 5.74) is 6.44. The van der Waals surface area contributed by atoms with Gasteiger partial charge in [-0.2, -0.15) is 0 Å². The molecule has 3 heteroatoms. The van der Waals surface area contributed by atoms with Crippen LogP contribution in [0, 0.1) is 5.92 Å². The molecule has 5 unspecified atom stereocenters. The molecule has 1 saturated carbocycles. The number of piperazine rings is 1. The summed E-state index contributed by atoms with van der Waals surface area (Å²) in [6.45, 7) is 9.39. The molecule has 2 aliphatic rings. The Morgan fingerprint density at radius 1 is 1.11 bits per heavy atom. The van der Waals surface area contributed by atoms with Crippen LogP contribution in [0.3, 0.4) is 0 Å². The Balaban J connectivity index is 1.98. The van der Waals surface area contributed by atoms with Gasteiger partial charge >= 0.3 is 0 Å². The van der Waals surface area contributed by atoms with Crippen LogP contribution in [0.2, 0.25) is 0 Å². The summed E-state index contributed by atoms with van der Waals surface area (Å²) < 4.78 is 0. The van der Waals surface area contributed by atoms with Crippen LogP contribution in [0.5, 0.6) is 0 Å². The molecule has 1 aliphatic heterocycles. The minimum atomic E-state index is 0.399. The lowest BCUT2D eigenvalue weighted by atomic mass is 9.79. The normalized spacial score (nSPS) is 42.5. The van der Waals surface area contributed by atoms with E-state index in [9.17, 15) is 0 Å². The predicted octanol–water partition coefficient (Wildman–Crippen LogP) is 2.31. The van der Waals surface area contributed by atoms with Gasteiger partial charge in [-0.1, -0.05) is 19.8 Å². The highest BCUT2D eigenvalue weighted by Gasteiger charge is 2.36. The second-order valence-electron chi connectivity index (χ2n) is 7.02. The fraction of sp³-hybridized carbons (Fsp3) is 1.00. The van der Waals surface area contributed by atoms with Crippen molar-refractivity contribution in [1.82, 2.24) is 9.80 Å². The molecule has 1 saturated heterocycles. The zero-order valence-corrected chi connectivity index (χ0v) is 13.3. The van der Waals surface area contributed by atoms with Gasteiger partial charge in [-0.25, -0.2) is 0 Å². The summed E-state index contributed by atoms with van der Waals surface area (Å²) in [5.74, 6) is 0.917. The van der Waals surface area contributed by atoms with Crippen molar-refractivity contribution in [3.8, 4) is 0 Å². The van der Waals surface area contributed by atoms with Crippen molar-refractivity contribution in [2.24, 2.45) is 11.7 Å². The highest BCUT2D eigenvalue weighted by Crippen LogP contribution is 2.31. The lowest BCUT2D eigenvalue weighted by Crippen LogP contribution is -2.61. The first kappa shape index (κ1) is 15.3. The number of hydrogen-bond donors (Lipinski definition) is 1. The molecule has 0 aromatic heterocycles. The Hall–Kier alpha value is -0.120. The Labute approximate surface area is 119 Å². The summed E-state index contributed by atoms with van der Waals surface area (Å²) in [6, 6.07) is 2.34. The molecule has 2 fully saturated rings. The molecule has 112 valence electrons. The Kier molecular flexibility index (Phi) is 5.27. The molecular weight excluding hydrogens is 234 g/mol. The molecule has 19 heavy (non-hydrogen) atoms. The number of hydrogen-bond acceptors (Lipinski definition) is 3. The topological polar surface area (TPSA) is 32.5 Å². The summed E-state index contributed by atoms with van der Waals surface area (Å²) in [7, 11) is 2.26. The average Bonchev–Trinajstić information content (AvgIpc) is 2.38. The third-order valence-electron chi connectivity index (χ3n) is 5.53. The third-order valence-corrected chi connectivity index (χ3v) is 5.53. The quantitative estimate of drug-likeness (QED) is 0.851. The van der Waals surface area contributed by atoms with Crippen LogP contribution in [-0.4, -0.2) is 54.1 Å². The number of likely N-dealkylation sites (N-methyl/N-ethyl adjacent to an activating group) is 1. The molecule has 0 bridgehead atoms. The minimum Gasteiger partial charge on any atom is -0.326 e. The number of rotatable bonds is 3. The largest absolute Gasteiger partial charge is 0.326 e. The monoisotopic (exact) mass is 267 g/mol. The van der Waals surface area contributed by atoms with E-state index in [0.29, 0.717) is 24.2 Å². The predicted molar refractivity (Wildman–Crippen MR) is 82.3 cm³/mol. The standard InChI is InChI=1S/C16H33N3/c1-5-6-14-7-8-15(17)16(9-14)19-10-12(2)18(4)13(3)11-19/h12-16H,5-11,17H2,1-4H3. The van der Waals surface area contributed by atoms with Gasteiger partial charge in [-0.3, -0.25) is 9.80 Å². The van der Waals surface area contributed by atoms with Gasteiger partial charge in [0.15, 0.2) is 0 Å². The van der Waals surface area contributed by atoms with Crippen molar-refractivity contribution in [2.45, 2.75) is 77.0 Å². The van der Waals surface area contributed by atoms with E-state index in [0.717, 1.165) is 5.92 Å². The molecule has 0 aromatic carbocycles. The van der Waals surface area contributed by atoms with Gasteiger partial charge in [-0.05, 0) is 46.1 Å². The van der Waals surface area contributed by atoms with E-state index < -0.39 is 0 Å². The van der Waals surface area contributed by atoms with E-state index in [-0.39, 0.29) is 0 Å². The van der Waals surface area contributed by atoms with Gasteiger partial charge in [0.25, 0.3) is 0 Å². The molecule has 0 amide bonds. The van der Waals surface area contributed by atoms with E-state index >= 15 is 0 Å². The second-order valence-corrected chi connectivity index (χ2v) is 7.02. The SMILES string of the molecule is CCCC1CCC(N)C(N2CC(C)N(C)C(C)C2)C1. The van der Waals surface area contributed by atoms with Gasteiger partial charge in [0.1, 0.15) is 0 Å². The van der Waals surface area contributed by atoms with Gasteiger partial charge in [-0.15, -0.1) is 0 Å². The van der Waals surface area contributed by atoms with Crippen molar-refractivity contribution >= 4 is 0 Å². The first-order valence-corrected chi connectivity index (χ1v) is 8.24. The van der Waals surface area contributed by atoms with Gasteiger partial charge < -0.3 is 5.73 Å². The Bertz CT molecular complexity index is 269. The molecule has 0 aromatic rings. The highest BCUT2D eigenvalue weighted by atomic mass is 15.3. The van der Waals surface area contributed by atoms with Crippen LogP contribution in [0.1, 0.15) is 52.9 Å². The summed E-state index contributed by atoms with van der Waals surface area (Å²) >= 11 is 0. The van der Waals surface area contributed by atoms with Crippen molar-refractivity contribution in [1.29, 1.82) is 0 Å². The Morgan fingerprint density at radius 2 is 1.74 bits per heavy atom. The number of nitrogens with two attached hydrogens (primary N) is 1. The van der Waals surface area contributed by atoms with Crippen LogP contribution in [0.4, 0.5) is 0 Å². The van der Waals surface area contributed by atoms with E-state index in [1.807, 2.05) is 0 Å². The summed E-state index contributed by atoms with van der Waals surface area (Å²) in [5, 5.41) is 0. The maximum atomic E-state index is 6.44. The molecular formula is C16H33N3. The fourth-order valence-electron chi connectivity index (χ4n) is 4.06. The van der Waals surface area contributed by atoms with Gasteiger partial charge in [0, 0.05) is 37.3 Å². The lowest BCUT2D eigenvalue weighted by molar-refractivity contribution is 0.00866. The van der Waals surface area contributed by atoms with Crippen LogP contribution in [-0.2, 0) is 0 Å². The molecule has 0 radical (unpaired) electrons. The molecule has 0 spiro atoms.